The molecule has 3 fully saturated rings. The number of likely N-dealkylation sites (tertiary alicyclic amines) is 1. The molecule has 3 aliphatic rings. The van der Waals surface area contributed by atoms with Crippen molar-refractivity contribution in [3.8, 4) is 0 Å². The van der Waals surface area contributed by atoms with E-state index in [0.29, 0.717) is 18.1 Å². The maximum Gasteiger partial charge on any atom is 0.315 e. The molecule has 2 N–H and O–H groups in total. The first-order valence-electron chi connectivity index (χ1n) is 9.29. The van der Waals surface area contributed by atoms with Crippen molar-refractivity contribution in [2.24, 2.45) is 0 Å². The zero-order chi connectivity index (χ0) is 16.2. The summed E-state index contributed by atoms with van der Waals surface area (Å²) >= 11 is 0. The van der Waals surface area contributed by atoms with Crippen molar-refractivity contribution < 1.29 is 4.79 Å². The van der Waals surface area contributed by atoms with Crippen LogP contribution in [0.15, 0.2) is 12.2 Å². The lowest BCUT2D eigenvalue weighted by Crippen LogP contribution is -2.53. The van der Waals surface area contributed by atoms with Crippen molar-refractivity contribution in [1.82, 2.24) is 20.4 Å². The molecule has 5 heteroatoms. The molecule has 0 aromatic heterocycles. The van der Waals surface area contributed by atoms with Crippen LogP contribution in [0, 0.1) is 0 Å². The molecule has 3 aliphatic heterocycles. The van der Waals surface area contributed by atoms with E-state index in [0.717, 1.165) is 45.4 Å². The van der Waals surface area contributed by atoms with Crippen molar-refractivity contribution in [1.29, 1.82) is 0 Å². The van der Waals surface area contributed by atoms with Gasteiger partial charge in [0.15, 0.2) is 0 Å². The molecule has 0 spiro atoms. The van der Waals surface area contributed by atoms with E-state index in [1.807, 2.05) is 0 Å². The molecular weight excluding hydrogens is 288 g/mol. The van der Waals surface area contributed by atoms with Gasteiger partial charge in [-0.2, -0.15) is 0 Å². The van der Waals surface area contributed by atoms with Crippen molar-refractivity contribution in [2.75, 3.05) is 32.7 Å². The predicted molar refractivity (Wildman–Crippen MR) is 93.6 cm³/mol. The first kappa shape index (κ1) is 16.8. The zero-order valence-corrected chi connectivity index (χ0v) is 14.5. The molecule has 0 bridgehead atoms. The molecule has 0 aliphatic carbocycles. The van der Waals surface area contributed by atoms with E-state index in [4.69, 9.17) is 0 Å². The minimum Gasteiger partial charge on any atom is -0.335 e. The minimum absolute atomic E-state index is 0.0424. The lowest BCUT2D eigenvalue weighted by Gasteiger charge is -2.34. The Hall–Kier alpha value is -1.07. The highest BCUT2D eigenvalue weighted by Crippen LogP contribution is 2.27. The second-order valence-electron chi connectivity index (χ2n) is 7.62. The number of fused-ring (bicyclic) bond motifs is 1. The summed E-state index contributed by atoms with van der Waals surface area (Å²) in [5.41, 5.74) is 1.22. The van der Waals surface area contributed by atoms with Crippen LogP contribution in [0.1, 0.15) is 45.4 Å². The Bertz CT molecular complexity index is 431. The number of nitrogens with zero attached hydrogens (tertiary/aromatic N) is 2. The van der Waals surface area contributed by atoms with Crippen LogP contribution in [0.4, 0.5) is 4.79 Å². The van der Waals surface area contributed by atoms with Gasteiger partial charge in [0, 0.05) is 44.3 Å². The van der Waals surface area contributed by atoms with Gasteiger partial charge in [-0.1, -0.05) is 18.6 Å². The molecule has 3 saturated heterocycles. The normalized spacial score (nSPS) is 30.0. The van der Waals surface area contributed by atoms with E-state index in [1.54, 1.807) is 0 Å². The Kier molecular flexibility index (Phi) is 5.59. The first-order chi connectivity index (χ1) is 11.1. The van der Waals surface area contributed by atoms with Gasteiger partial charge >= 0.3 is 6.03 Å². The van der Waals surface area contributed by atoms with Gasteiger partial charge in [0.1, 0.15) is 0 Å². The zero-order valence-electron chi connectivity index (χ0n) is 14.5. The van der Waals surface area contributed by atoms with Gasteiger partial charge in [0.2, 0.25) is 0 Å². The summed E-state index contributed by atoms with van der Waals surface area (Å²) in [6.45, 7) is 11.5. The molecule has 130 valence electrons. The Morgan fingerprint density at radius 1 is 1.04 bits per heavy atom. The fraction of sp³-hybridized carbons (Fsp3) is 0.833. The smallest absolute Gasteiger partial charge is 0.315 e. The summed E-state index contributed by atoms with van der Waals surface area (Å²) in [7, 11) is 0. The Labute approximate surface area is 140 Å². The highest BCUT2D eigenvalue weighted by molar-refractivity contribution is 5.74. The SMILES string of the molecule is C=C(C)CN1CCC(NC(=O)N[C@@H]2CCN3CCCC[C@@H]23)CC1. The number of urea groups is 1. The summed E-state index contributed by atoms with van der Waals surface area (Å²) in [4.78, 5) is 17.3. The molecule has 3 heterocycles. The van der Waals surface area contributed by atoms with Crippen LogP contribution in [-0.4, -0.2) is 66.7 Å². The standard InChI is InChI=1S/C18H32N4O/c1-14(2)13-21-10-6-15(7-11-21)19-18(23)20-16-8-12-22-9-4-3-5-17(16)22/h15-17H,1,3-13H2,2H3,(H2,19,20,23)/t16-,17+/m1/s1. The van der Waals surface area contributed by atoms with Crippen LogP contribution in [0.5, 0.6) is 0 Å². The number of amides is 2. The number of carbonyl (C=O) groups excluding carboxylic acids is 1. The van der Waals surface area contributed by atoms with Gasteiger partial charge in [-0.3, -0.25) is 9.80 Å². The lowest BCUT2D eigenvalue weighted by atomic mass is 9.99. The maximum absolute atomic E-state index is 12.3. The number of hydrogen-bond donors (Lipinski definition) is 2. The fourth-order valence-electron chi connectivity index (χ4n) is 4.43. The summed E-state index contributed by atoms with van der Waals surface area (Å²) in [5.74, 6) is 0. The van der Waals surface area contributed by atoms with Crippen LogP contribution < -0.4 is 10.6 Å². The van der Waals surface area contributed by atoms with E-state index in [-0.39, 0.29) is 6.03 Å². The fourth-order valence-corrected chi connectivity index (χ4v) is 4.43. The van der Waals surface area contributed by atoms with Gasteiger partial charge in [-0.05, 0) is 45.6 Å². The molecule has 0 aromatic carbocycles. The summed E-state index contributed by atoms with van der Waals surface area (Å²) in [5, 5.41) is 6.45. The Morgan fingerprint density at radius 2 is 1.83 bits per heavy atom. The third-order valence-electron chi connectivity index (χ3n) is 5.59. The molecule has 23 heavy (non-hydrogen) atoms. The highest BCUT2D eigenvalue weighted by atomic mass is 16.2. The number of hydrogen-bond acceptors (Lipinski definition) is 3. The molecular formula is C18H32N4O. The van der Waals surface area contributed by atoms with Crippen molar-refractivity contribution in [3.05, 3.63) is 12.2 Å². The van der Waals surface area contributed by atoms with Gasteiger partial charge < -0.3 is 10.6 Å². The van der Waals surface area contributed by atoms with Gasteiger partial charge in [-0.25, -0.2) is 4.79 Å². The summed E-state index contributed by atoms with van der Waals surface area (Å²) in [6, 6.07) is 1.28. The maximum atomic E-state index is 12.3. The van der Waals surface area contributed by atoms with E-state index in [9.17, 15) is 4.79 Å². The molecule has 0 unspecified atom stereocenters. The molecule has 0 saturated carbocycles. The summed E-state index contributed by atoms with van der Waals surface area (Å²) in [6.07, 6.45) is 7.06. The third-order valence-corrected chi connectivity index (χ3v) is 5.59. The van der Waals surface area contributed by atoms with Gasteiger partial charge in [-0.15, -0.1) is 0 Å². The number of piperidine rings is 2. The Morgan fingerprint density at radius 3 is 2.57 bits per heavy atom. The van der Waals surface area contributed by atoms with Crippen molar-refractivity contribution >= 4 is 6.03 Å². The predicted octanol–water partition coefficient (Wildman–Crippen LogP) is 1.95. The molecule has 2 atom stereocenters. The number of rotatable bonds is 4. The molecule has 0 radical (unpaired) electrons. The van der Waals surface area contributed by atoms with Crippen LogP contribution in [0.25, 0.3) is 0 Å². The third kappa shape index (κ3) is 4.48. The minimum atomic E-state index is 0.0424. The van der Waals surface area contributed by atoms with E-state index in [2.05, 4.69) is 33.9 Å². The van der Waals surface area contributed by atoms with Crippen LogP contribution in [0.3, 0.4) is 0 Å². The van der Waals surface area contributed by atoms with Crippen LogP contribution >= 0.6 is 0 Å². The monoisotopic (exact) mass is 320 g/mol. The van der Waals surface area contributed by atoms with E-state index in [1.165, 1.54) is 31.4 Å². The molecule has 5 nitrogen and oxygen atoms in total. The number of nitrogens with one attached hydrogen (secondary N) is 2. The first-order valence-corrected chi connectivity index (χ1v) is 9.29. The van der Waals surface area contributed by atoms with E-state index < -0.39 is 0 Å². The van der Waals surface area contributed by atoms with Crippen molar-refractivity contribution in [2.45, 2.75) is 63.6 Å². The van der Waals surface area contributed by atoms with Crippen LogP contribution in [-0.2, 0) is 0 Å². The lowest BCUT2D eigenvalue weighted by molar-refractivity contribution is 0.175. The average Bonchev–Trinajstić information content (AvgIpc) is 2.92. The second kappa shape index (κ2) is 7.67. The average molecular weight is 320 g/mol. The number of carbonyl (C=O) groups is 1. The van der Waals surface area contributed by atoms with Crippen molar-refractivity contribution in [3.63, 3.8) is 0 Å². The van der Waals surface area contributed by atoms with Gasteiger partial charge in [0.25, 0.3) is 0 Å². The molecule has 2 amide bonds. The largest absolute Gasteiger partial charge is 0.335 e. The topological polar surface area (TPSA) is 47.6 Å². The Balaban J connectivity index is 1.39. The second-order valence-corrected chi connectivity index (χ2v) is 7.62. The van der Waals surface area contributed by atoms with Crippen LogP contribution in [0.2, 0.25) is 0 Å². The quantitative estimate of drug-likeness (QED) is 0.779. The molecule has 3 rings (SSSR count). The highest BCUT2D eigenvalue weighted by Gasteiger charge is 2.36. The summed E-state index contributed by atoms with van der Waals surface area (Å²) < 4.78 is 0. The van der Waals surface area contributed by atoms with Gasteiger partial charge in [0.05, 0.1) is 0 Å². The van der Waals surface area contributed by atoms with E-state index >= 15 is 0 Å². The molecule has 0 aromatic rings.